The van der Waals surface area contributed by atoms with Crippen LogP contribution in [0.25, 0.3) is 0 Å². The van der Waals surface area contributed by atoms with E-state index in [-0.39, 0.29) is 0 Å². The van der Waals surface area contributed by atoms with Crippen LogP contribution >= 0.6 is 0 Å². The van der Waals surface area contributed by atoms with Gasteiger partial charge in [0.05, 0.1) is 12.2 Å². The molecule has 2 fully saturated rings. The number of hydrogen-bond donors (Lipinski definition) is 2. The number of likely N-dealkylation sites (N-methyl/N-ethyl adjacent to an activating group) is 1. The van der Waals surface area contributed by atoms with Gasteiger partial charge in [0.15, 0.2) is 0 Å². The van der Waals surface area contributed by atoms with E-state index in [1.165, 1.54) is 12.8 Å². The Morgan fingerprint density at radius 2 is 2.00 bits per heavy atom. The largest absolute Gasteiger partial charge is 0.480 e. The minimum atomic E-state index is -0.779. The van der Waals surface area contributed by atoms with E-state index < -0.39 is 11.5 Å². The third kappa shape index (κ3) is 3.93. The van der Waals surface area contributed by atoms with Gasteiger partial charge in [0, 0.05) is 13.1 Å². The monoisotopic (exact) mass is 284 g/mol. The van der Waals surface area contributed by atoms with E-state index in [1.54, 1.807) is 6.92 Å². The SMILES string of the molecule is CCNC(C)(CCCCN1CC2CCC(C1)O2)C(=O)O. The molecule has 20 heavy (non-hydrogen) atoms. The Morgan fingerprint density at radius 1 is 1.35 bits per heavy atom. The van der Waals surface area contributed by atoms with Gasteiger partial charge in [-0.1, -0.05) is 6.92 Å². The van der Waals surface area contributed by atoms with E-state index in [4.69, 9.17) is 4.74 Å². The van der Waals surface area contributed by atoms with Crippen molar-refractivity contribution in [1.29, 1.82) is 0 Å². The summed E-state index contributed by atoms with van der Waals surface area (Å²) >= 11 is 0. The second-order valence-electron chi connectivity index (χ2n) is 6.34. The quantitative estimate of drug-likeness (QED) is 0.661. The number of unbranched alkanes of at least 4 members (excludes halogenated alkanes) is 1. The maximum atomic E-state index is 11.3. The Labute approximate surface area is 121 Å². The molecule has 0 aromatic heterocycles. The van der Waals surface area contributed by atoms with Gasteiger partial charge in [0.2, 0.25) is 0 Å². The van der Waals surface area contributed by atoms with Crippen LogP contribution in [-0.2, 0) is 9.53 Å². The molecule has 0 aromatic carbocycles. The minimum absolute atomic E-state index is 0.444. The summed E-state index contributed by atoms with van der Waals surface area (Å²) in [6, 6.07) is 0. The average molecular weight is 284 g/mol. The number of carboxylic acids is 1. The van der Waals surface area contributed by atoms with E-state index in [0.717, 1.165) is 32.5 Å². The molecule has 0 spiro atoms. The van der Waals surface area contributed by atoms with Crippen LogP contribution in [0.4, 0.5) is 0 Å². The van der Waals surface area contributed by atoms with Crippen LogP contribution in [-0.4, -0.2) is 59.9 Å². The molecule has 2 heterocycles. The van der Waals surface area contributed by atoms with Crippen molar-refractivity contribution in [2.45, 2.75) is 63.7 Å². The van der Waals surface area contributed by atoms with E-state index in [2.05, 4.69) is 10.2 Å². The predicted octanol–water partition coefficient (Wildman–Crippen LogP) is 1.47. The third-order valence-corrected chi connectivity index (χ3v) is 4.56. The van der Waals surface area contributed by atoms with Crippen LogP contribution in [0.5, 0.6) is 0 Å². The summed E-state index contributed by atoms with van der Waals surface area (Å²) in [6.45, 7) is 7.60. The normalized spacial score (nSPS) is 29.3. The zero-order chi connectivity index (χ0) is 14.6. The first kappa shape index (κ1) is 15.7. The first-order valence-corrected chi connectivity index (χ1v) is 7.90. The van der Waals surface area contributed by atoms with Crippen molar-refractivity contribution < 1.29 is 14.6 Å². The fourth-order valence-corrected chi connectivity index (χ4v) is 3.36. The highest BCUT2D eigenvalue weighted by molar-refractivity contribution is 5.78. The van der Waals surface area contributed by atoms with Crippen molar-refractivity contribution in [2.75, 3.05) is 26.2 Å². The number of fused-ring (bicyclic) bond motifs is 2. The van der Waals surface area contributed by atoms with Crippen molar-refractivity contribution >= 4 is 5.97 Å². The van der Waals surface area contributed by atoms with Crippen molar-refractivity contribution in [3.8, 4) is 0 Å². The maximum Gasteiger partial charge on any atom is 0.323 e. The Hall–Kier alpha value is -0.650. The summed E-state index contributed by atoms with van der Waals surface area (Å²) in [4.78, 5) is 13.8. The van der Waals surface area contributed by atoms with Gasteiger partial charge in [-0.2, -0.15) is 0 Å². The second kappa shape index (κ2) is 6.87. The molecule has 0 aromatic rings. The maximum absolute atomic E-state index is 11.3. The number of aliphatic carboxylic acids is 1. The molecule has 116 valence electrons. The standard InChI is InChI=1S/C15H28N2O3/c1-3-16-15(2,14(18)19)8-4-5-9-17-10-12-6-7-13(11-17)20-12/h12-13,16H,3-11H2,1-2H3,(H,18,19). The lowest BCUT2D eigenvalue weighted by molar-refractivity contribution is -0.144. The van der Waals surface area contributed by atoms with Crippen LogP contribution < -0.4 is 5.32 Å². The van der Waals surface area contributed by atoms with Crippen molar-refractivity contribution in [3.63, 3.8) is 0 Å². The number of nitrogens with one attached hydrogen (secondary N) is 1. The molecule has 2 aliphatic heterocycles. The fraction of sp³-hybridized carbons (Fsp3) is 0.933. The lowest BCUT2D eigenvalue weighted by Crippen LogP contribution is -2.49. The second-order valence-corrected chi connectivity index (χ2v) is 6.34. The van der Waals surface area contributed by atoms with Gasteiger partial charge in [0.25, 0.3) is 0 Å². The number of morpholine rings is 1. The summed E-state index contributed by atoms with van der Waals surface area (Å²) in [6.07, 6.45) is 6.00. The number of rotatable bonds is 8. The van der Waals surface area contributed by atoms with Crippen LogP contribution in [0.3, 0.4) is 0 Å². The Balaban J connectivity index is 1.66. The number of nitrogens with zero attached hydrogens (tertiary/aromatic N) is 1. The first-order valence-electron chi connectivity index (χ1n) is 7.90. The van der Waals surface area contributed by atoms with E-state index in [9.17, 15) is 9.90 Å². The molecule has 2 saturated heterocycles. The molecule has 2 rings (SSSR count). The van der Waals surface area contributed by atoms with E-state index in [1.807, 2.05) is 6.92 Å². The average Bonchev–Trinajstić information content (AvgIpc) is 2.74. The predicted molar refractivity (Wildman–Crippen MR) is 77.9 cm³/mol. The molecule has 3 unspecified atom stereocenters. The summed E-state index contributed by atoms with van der Waals surface area (Å²) in [7, 11) is 0. The minimum Gasteiger partial charge on any atom is -0.480 e. The lowest BCUT2D eigenvalue weighted by atomic mass is 9.95. The molecule has 0 saturated carbocycles. The van der Waals surface area contributed by atoms with Gasteiger partial charge < -0.3 is 15.2 Å². The Morgan fingerprint density at radius 3 is 2.55 bits per heavy atom. The van der Waals surface area contributed by atoms with Crippen LogP contribution in [0.15, 0.2) is 0 Å². The highest BCUT2D eigenvalue weighted by Gasteiger charge is 2.34. The highest BCUT2D eigenvalue weighted by atomic mass is 16.5. The molecule has 2 bridgehead atoms. The zero-order valence-corrected chi connectivity index (χ0v) is 12.7. The summed E-state index contributed by atoms with van der Waals surface area (Å²) in [5.74, 6) is -0.747. The molecular weight excluding hydrogens is 256 g/mol. The van der Waals surface area contributed by atoms with Crippen molar-refractivity contribution in [2.24, 2.45) is 0 Å². The van der Waals surface area contributed by atoms with Gasteiger partial charge in [-0.25, -0.2) is 0 Å². The first-order chi connectivity index (χ1) is 9.53. The van der Waals surface area contributed by atoms with Gasteiger partial charge in [-0.15, -0.1) is 0 Å². The molecular formula is C15H28N2O3. The third-order valence-electron chi connectivity index (χ3n) is 4.56. The molecule has 2 N–H and O–H groups in total. The Kier molecular flexibility index (Phi) is 5.41. The summed E-state index contributed by atoms with van der Waals surface area (Å²) in [5.41, 5.74) is -0.779. The van der Waals surface area contributed by atoms with E-state index >= 15 is 0 Å². The van der Waals surface area contributed by atoms with Crippen LogP contribution in [0.1, 0.15) is 46.0 Å². The van der Waals surface area contributed by atoms with Gasteiger partial charge in [0.1, 0.15) is 5.54 Å². The number of ether oxygens (including phenoxy) is 1. The topological polar surface area (TPSA) is 61.8 Å². The molecule has 0 aliphatic carbocycles. The smallest absolute Gasteiger partial charge is 0.323 e. The molecule has 0 radical (unpaired) electrons. The van der Waals surface area contributed by atoms with Crippen molar-refractivity contribution in [3.05, 3.63) is 0 Å². The van der Waals surface area contributed by atoms with Gasteiger partial charge in [-0.05, 0) is 52.1 Å². The fourth-order valence-electron chi connectivity index (χ4n) is 3.36. The summed E-state index contributed by atoms with van der Waals surface area (Å²) in [5, 5.41) is 12.4. The van der Waals surface area contributed by atoms with Crippen LogP contribution in [0.2, 0.25) is 0 Å². The summed E-state index contributed by atoms with van der Waals surface area (Å²) < 4.78 is 5.82. The number of likely N-dealkylation sites (tertiary alicyclic amines) is 1. The highest BCUT2D eigenvalue weighted by Crippen LogP contribution is 2.26. The zero-order valence-electron chi connectivity index (χ0n) is 12.7. The lowest BCUT2D eigenvalue weighted by Gasteiger charge is -2.32. The van der Waals surface area contributed by atoms with Gasteiger partial charge >= 0.3 is 5.97 Å². The van der Waals surface area contributed by atoms with Crippen LogP contribution in [0, 0.1) is 0 Å². The molecule has 0 amide bonds. The van der Waals surface area contributed by atoms with Crippen molar-refractivity contribution in [1.82, 2.24) is 10.2 Å². The number of carbonyl (C=O) groups is 1. The van der Waals surface area contributed by atoms with E-state index in [0.29, 0.717) is 25.2 Å². The van der Waals surface area contributed by atoms with Gasteiger partial charge in [-0.3, -0.25) is 9.69 Å². The molecule has 2 aliphatic rings. The number of hydrogen-bond acceptors (Lipinski definition) is 4. The molecule has 3 atom stereocenters. The molecule has 5 nitrogen and oxygen atoms in total. The Bertz CT molecular complexity index is 325. The number of carboxylic acid groups (broad SMARTS) is 1. The molecule has 5 heteroatoms.